The highest BCUT2D eigenvalue weighted by Gasteiger charge is 2.36. The minimum absolute atomic E-state index is 0.199. The monoisotopic (exact) mass is 330 g/mol. The molecule has 2 aromatic rings. The van der Waals surface area contributed by atoms with Gasteiger partial charge in [0.25, 0.3) is 0 Å². The Labute approximate surface area is 140 Å². The van der Waals surface area contributed by atoms with Crippen LogP contribution < -0.4 is 5.32 Å². The second-order valence-corrected chi connectivity index (χ2v) is 6.95. The van der Waals surface area contributed by atoms with E-state index in [1.165, 1.54) is 4.90 Å². The Balaban J connectivity index is 1.96. The van der Waals surface area contributed by atoms with Crippen LogP contribution in [0.3, 0.4) is 0 Å². The van der Waals surface area contributed by atoms with Crippen molar-refractivity contribution in [1.82, 2.24) is 20.0 Å². The van der Waals surface area contributed by atoms with Crippen LogP contribution in [-0.2, 0) is 16.6 Å². The number of nitrogens with zero attached hydrogens (tertiary/aromatic N) is 3. The first kappa shape index (κ1) is 16.3. The number of hydrogen-bond donors (Lipinski definition) is 1. The summed E-state index contributed by atoms with van der Waals surface area (Å²) in [6.45, 7) is 6.27. The molecule has 0 radical (unpaired) electrons. The summed E-state index contributed by atoms with van der Waals surface area (Å²) in [5.41, 5.74) is 1.11. The van der Waals surface area contributed by atoms with Gasteiger partial charge in [0.1, 0.15) is 11.6 Å². The lowest BCUT2D eigenvalue weighted by Crippen LogP contribution is -2.53. The van der Waals surface area contributed by atoms with Crippen molar-refractivity contribution in [3.8, 4) is 0 Å². The molecule has 7 nitrogen and oxygen atoms in total. The highest BCUT2D eigenvalue weighted by atomic mass is 16.6. The van der Waals surface area contributed by atoms with Gasteiger partial charge in [-0.3, -0.25) is 14.4 Å². The Kier molecular flexibility index (Phi) is 3.95. The number of benzene rings is 1. The molecule has 7 heteroatoms. The predicted octanol–water partition coefficient (Wildman–Crippen LogP) is 1.98. The van der Waals surface area contributed by atoms with Gasteiger partial charge in [0.15, 0.2) is 0 Å². The zero-order valence-corrected chi connectivity index (χ0v) is 14.4. The molecule has 1 unspecified atom stereocenters. The summed E-state index contributed by atoms with van der Waals surface area (Å²) in [5.74, 6) is -0.199. The second-order valence-electron chi connectivity index (χ2n) is 6.95. The quantitative estimate of drug-likeness (QED) is 0.867. The fraction of sp³-hybridized carbons (Fsp3) is 0.471. The number of nitrogens with one attached hydrogen (secondary N) is 1. The van der Waals surface area contributed by atoms with Gasteiger partial charge in [-0.2, -0.15) is 5.10 Å². The van der Waals surface area contributed by atoms with Crippen molar-refractivity contribution in [2.45, 2.75) is 32.4 Å². The van der Waals surface area contributed by atoms with Crippen LogP contribution >= 0.6 is 0 Å². The third kappa shape index (κ3) is 3.06. The van der Waals surface area contributed by atoms with Gasteiger partial charge in [-0.25, -0.2) is 4.79 Å². The molecule has 2 amide bonds. The molecule has 0 spiro atoms. The van der Waals surface area contributed by atoms with Crippen molar-refractivity contribution in [3.63, 3.8) is 0 Å². The van der Waals surface area contributed by atoms with Gasteiger partial charge in [-0.05, 0) is 38.5 Å². The molecule has 1 aliphatic rings. The molecular weight excluding hydrogens is 308 g/mol. The van der Waals surface area contributed by atoms with Crippen LogP contribution in [-0.4, -0.2) is 45.4 Å². The van der Waals surface area contributed by atoms with Crippen LogP contribution in [0.1, 0.15) is 32.4 Å². The van der Waals surface area contributed by atoms with Crippen LogP contribution in [0.15, 0.2) is 24.4 Å². The van der Waals surface area contributed by atoms with Crippen molar-refractivity contribution in [2.24, 2.45) is 7.05 Å². The number of aryl methyl sites for hydroxylation is 1. The number of carbonyl (C=O) groups is 2. The summed E-state index contributed by atoms with van der Waals surface area (Å²) in [4.78, 5) is 26.4. The van der Waals surface area contributed by atoms with Gasteiger partial charge in [0.2, 0.25) is 5.91 Å². The number of amides is 2. The first-order chi connectivity index (χ1) is 11.3. The Hall–Kier alpha value is -2.57. The van der Waals surface area contributed by atoms with Gasteiger partial charge < -0.3 is 10.1 Å². The van der Waals surface area contributed by atoms with E-state index in [1.54, 1.807) is 10.9 Å². The molecule has 1 fully saturated rings. The minimum Gasteiger partial charge on any atom is -0.444 e. The van der Waals surface area contributed by atoms with Crippen molar-refractivity contribution in [3.05, 3.63) is 30.0 Å². The SMILES string of the molecule is Cn1ncc2cc(C3C(=O)NCCN3C(=O)OC(C)(C)C)ccc21. The van der Waals surface area contributed by atoms with E-state index in [2.05, 4.69) is 10.4 Å². The molecule has 24 heavy (non-hydrogen) atoms. The molecule has 2 heterocycles. The number of carbonyl (C=O) groups excluding carboxylic acids is 2. The molecule has 1 atom stereocenters. The molecule has 1 aliphatic heterocycles. The Morgan fingerprint density at radius 1 is 1.38 bits per heavy atom. The molecule has 1 saturated heterocycles. The standard InChI is InChI=1S/C17H22N4O3/c1-17(2,3)24-16(23)21-8-7-18-15(22)14(21)11-5-6-13-12(9-11)10-19-20(13)4/h5-6,9-10,14H,7-8H2,1-4H3,(H,18,22). The third-order valence-electron chi connectivity index (χ3n) is 3.93. The van der Waals surface area contributed by atoms with Crippen molar-refractivity contribution < 1.29 is 14.3 Å². The fourth-order valence-corrected chi connectivity index (χ4v) is 2.87. The lowest BCUT2D eigenvalue weighted by Gasteiger charge is -2.36. The number of fused-ring (bicyclic) bond motifs is 1. The van der Waals surface area contributed by atoms with Crippen molar-refractivity contribution in [2.75, 3.05) is 13.1 Å². The van der Waals surface area contributed by atoms with Gasteiger partial charge in [-0.1, -0.05) is 6.07 Å². The molecule has 1 N–H and O–H groups in total. The first-order valence-corrected chi connectivity index (χ1v) is 7.95. The van der Waals surface area contributed by atoms with Crippen molar-refractivity contribution in [1.29, 1.82) is 0 Å². The predicted molar refractivity (Wildman–Crippen MR) is 89.4 cm³/mol. The summed E-state index contributed by atoms with van der Waals surface area (Å²) in [6.07, 6.45) is 1.27. The number of ether oxygens (including phenoxy) is 1. The summed E-state index contributed by atoms with van der Waals surface area (Å²) in [6, 6.07) is 4.97. The zero-order valence-electron chi connectivity index (χ0n) is 14.4. The highest BCUT2D eigenvalue weighted by Crippen LogP contribution is 2.28. The lowest BCUT2D eigenvalue weighted by molar-refractivity contribution is -0.129. The Morgan fingerprint density at radius 2 is 2.12 bits per heavy atom. The van der Waals surface area contributed by atoms with E-state index in [9.17, 15) is 9.59 Å². The van der Waals surface area contributed by atoms with Gasteiger partial charge in [-0.15, -0.1) is 0 Å². The molecular formula is C17H22N4O3. The molecule has 1 aromatic carbocycles. The average Bonchev–Trinajstić information content (AvgIpc) is 2.86. The molecule has 0 bridgehead atoms. The Bertz CT molecular complexity index is 791. The van der Waals surface area contributed by atoms with Gasteiger partial charge in [0, 0.05) is 25.5 Å². The summed E-state index contributed by atoms with van der Waals surface area (Å²) >= 11 is 0. The van der Waals surface area contributed by atoms with Gasteiger partial charge in [0.05, 0.1) is 11.7 Å². The maximum atomic E-state index is 12.5. The fourth-order valence-electron chi connectivity index (χ4n) is 2.87. The van der Waals surface area contributed by atoms with E-state index in [-0.39, 0.29) is 5.91 Å². The van der Waals surface area contributed by atoms with E-state index in [4.69, 9.17) is 4.74 Å². The molecule has 128 valence electrons. The summed E-state index contributed by atoms with van der Waals surface area (Å²) in [7, 11) is 1.86. The zero-order chi connectivity index (χ0) is 17.5. The molecule has 1 aromatic heterocycles. The average molecular weight is 330 g/mol. The van der Waals surface area contributed by atoms with E-state index in [1.807, 2.05) is 46.0 Å². The maximum absolute atomic E-state index is 12.5. The van der Waals surface area contributed by atoms with Crippen LogP contribution in [0.25, 0.3) is 10.9 Å². The van der Waals surface area contributed by atoms with E-state index < -0.39 is 17.7 Å². The van der Waals surface area contributed by atoms with Crippen molar-refractivity contribution >= 4 is 22.9 Å². The topological polar surface area (TPSA) is 76.5 Å². The number of rotatable bonds is 1. The minimum atomic E-state index is -0.696. The van der Waals surface area contributed by atoms with E-state index in [0.29, 0.717) is 13.1 Å². The molecule has 0 saturated carbocycles. The smallest absolute Gasteiger partial charge is 0.411 e. The molecule has 3 rings (SSSR count). The van der Waals surface area contributed by atoms with Crippen LogP contribution in [0.4, 0.5) is 4.79 Å². The van der Waals surface area contributed by atoms with E-state index in [0.717, 1.165) is 16.5 Å². The van der Waals surface area contributed by atoms with Crippen LogP contribution in [0.5, 0.6) is 0 Å². The largest absolute Gasteiger partial charge is 0.444 e. The third-order valence-corrected chi connectivity index (χ3v) is 3.93. The van der Waals surface area contributed by atoms with Crippen LogP contribution in [0, 0.1) is 0 Å². The first-order valence-electron chi connectivity index (χ1n) is 7.95. The summed E-state index contributed by atoms with van der Waals surface area (Å²) < 4.78 is 7.23. The lowest BCUT2D eigenvalue weighted by atomic mass is 10.0. The number of aromatic nitrogens is 2. The number of hydrogen-bond acceptors (Lipinski definition) is 4. The maximum Gasteiger partial charge on any atom is 0.411 e. The second kappa shape index (κ2) is 5.81. The van der Waals surface area contributed by atoms with E-state index >= 15 is 0 Å². The Morgan fingerprint density at radius 3 is 2.83 bits per heavy atom. The van der Waals surface area contributed by atoms with Gasteiger partial charge >= 0.3 is 6.09 Å². The molecule has 0 aliphatic carbocycles. The normalized spacial score (nSPS) is 18.6. The number of piperazine rings is 1. The summed E-state index contributed by atoms with van der Waals surface area (Å²) in [5, 5.41) is 7.97. The van der Waals surface area contributed by atoms with Crippen LogP contribution in [0.2, 0.25) is 0 Å². The highest BCUT2D eigenvalue weighted by molar-refractivity contribution is 5.89.